The molecule has 0 unspecified atom stereocenters. The zero-order valence-electron chi connectivity index (χ0n) is 12.8. The van der Waals surface area contributed by atoms with Gasteiger partial charge < -0.3 is 9.40 Å². The molecule has 2 aromatic carbocycles. The number of carbonyl (C=O) groups is 1. The van der Waals surface area contributed by atoms with Gasteiger partial charge in [0.15, 0.2) is 5.78 Å². The SMILES string of the molecule is O=C(/C(=C\c1ccco1)c1nc2ccccc2[nH]1)c1ccccc1. The Morgan fingerprint density at radius 3 is 2.50 bits per heavy atom. The third-order valence-electron chi connectivity index (χ3n) is 3.75. The van der Waals surface area contributed by atoms with Crippen molar-refractivity contribution in [3.63, 3.8) is 0 Å². The molecule has 0 radical (unpaired) electrons. The summed E-state index contributed by atoms with van der Waals surface area (Å²) < 4.78 is 5.38. The minimum atomic E-state index is -0.106. The highest BCUT2D eigenvalue weighted by molar-refractivity contribution is 6.31. The van der Waals surface area contributed by atoms with E-state index in [2.05, 4.69) is 9.97 Å². The van der Waals surface area contributed by atoms with Crippen LogP contribution in [-0.2, 0) is 0 Å². The number of allylic oxidation sites excluding steroid dienone is 1. The van der Waals surface area contributed by atoms with E-state index in [0.29, 0.717) is 22.7 Å². The molecule has 1 N–H and O–H groups in total. The first kappa shape index (κ1) is 14.2. The Kier molecular flexibility index (Phi) is 3.56. The van der Waals surface area contributed by atoms with Gasteiger partial charge in [-0.3, -0.25) is 4.79 Å². The quantitative estimate of drug-likeness (QED) is 0.443. The number of ketones is 1. The molecule has 0 saturated carbocycles. The van der Waals surface area contributed by atoms with Gasteiger partial charge in [0.1, 0.15) is 11.6 Å². The summed E-state index contributed by atoms with van der Waals surface area (Å²) >= 11 is 0. The fourth-order valence-corrected chi connectivity index (χ4v) is 2.58. The predicted octanol–water partition coefficient (Wildman–Crippen LogP) is 4.58. The molecule has 0 atom stereocenters. The van der Waals surface area contributed by atoms with Crippen molar-refractivity contribution in [1.82, 2.24) is 9.97 Å². The standard InChI is InChI=1S/C20H14N2O2/c23-19(14-7-2-1-3-8-14)16(13-15-9-6-12-24-15)20-21-17-10-4-5-11-18(17)22-20/h1-13H,(H,21,22)/b16-13+. The molecular weight excluding hydrogens is 300 g/mol. The number of hydrogen-bond donors (Lipinski definition) is 1. The van der Waals surface area contributed by atoms with Crippen molar-refractivity contribution < 1.29 is 9.21 Å². The Hall–Kier alpha value is -3.40. The number of nitrogens with zero attached hydrogens (tertiary/aromatic N) is 1. The first-order valence-corrected chi connectivity index (χ1v) is 7.61. The molecule has 2 heterocycles. The highest BCUT2D eigenvalue weighted by Gasteiger charge is 2.18. The lowest BCUT2D eigenvalue weighted by molar-refractivity contribution is 0.105. The fraction of sp³-hybridized carbons (Fsp3) is 0. The lowest BCUT2D eigenvalue weighted by Crippen LogP contribution is -2.04. The van der Waals surface area contributed by atoms with Gasteiger partial charge in [-0.1, -0.05) is 42.5 Å². The smallest absolute Gasteiger partial charge is 0.196 e. The van der Waals surface area contributed by atoms with E-state index in [4.69, 9.17) is 4.42 Å². The topological polar surface area (TPSA) is 58.9 Å². The number of aromatic amines is 1. The summed E-state index contributed by atoms with van der Waals surface area (Å²) in [6.45, 7) is 0. The number of imidazole rings is 1. The molecule has 4 heteroatoms. The van der Waals surface area contributed by atoms with E-state index in [-0.39, 0.29) is 5.78 Å². The summed E-state index contributed by atoms with van der Waals surface area (Å²) in [6, 6.07) is 20.4. The van der Waals surface area contributed by atoms with Gasteiger partial charge in [-0.05, 0) is 30.3 Å². The summed E-state index contributed by atoms with van der Waals surface area (Å²) in [5.74, 6) is 1.03. The number of benzene rings is 2. The van der Waals surface area contributed by atoms with Crippen molar-refractivity contribution >= 4 is 28.5 Å². The molecule has 2 aromatic heterocycles. The molecule has 0 saturated heterocycles. The van der Waals surface area contributed by atoms with Crippen molar-refractivity contribution in [2.45, 2.75) is 0 Å². The number of aromatic nitrogens is 2. The molecule has 4 nitrogen and oxygen atoms in total. The zero-order valence-corrected chi connectivity index (χ0v) is 12.8. The number of Topliss-reactive ketones (excluding diaryl/α,β-unsaturated/α-hetero) is 1. The lowest BCUT2D eigenvalue weighted by atomic mass is 10.0. The third-order valence-corrected chi connectivity index (χ3v) is 3.75. The van der Waals surface area contributed by atoms with Gasteiger partial charge in [0.2, 0.25) is 0 Å². The van der Waals surface area contributed by atoms with E-state index < -0.39 is 0 Å². The second-order valence-corrected chi connectivity index (χ2v) is 5.37. The number of hydrogen-bond acceptors (Lipinski definition) is 3. The van der Waals surface area contributed by atoms with Crippen LogP contribution in [0.2, 0.25) is 0 Å². The maximum Gasteiger partial charge on any atom is 0.196 e. The van der Waals surface area contributed by atoms with Gasteiger partial charge in [-0.2, -0.15) is 0 Å². The van der Waals surface area contributed by atoms with Crippen LogP contribution >= 0.6 is 0 Å². The average Bonchev–Trinajstić information content (AvgIpc) is 3.29. The molecule has 0 aliphatic rings. The van der Waals surface area contributed by atoms with E-state index in [1.807, 2.05) is 42.5 Å². The summed E-state index contributed by atoms with van der Waals surface area (Å²) in [5, 5.41) is 0. The maximum absolute atomic E-state index is 13.0. The highest BCUT2D eigenvalue weighted by Crippen LogP contribution is 2.23. The van der Waals surface area contributed by atoms with Gasteiger partial charge in [-0.15, -0.1) is 0 Å². The minimum Gasteiger partial charge on any atom is -0.465 e. The Balaban J connectivity index is 1.86. The second kappa shape index (κ2) is 6.01. The monoisotopic (exact) mass is 314 g/mol. The Bertz CT molecular complexity index is 979. The average molecular weight is 314 g/mol. The summed E-state index contributed by atoms with van der Waals surface area (Å²) in [5.41, 5.74) is 2.78. The number of rotatable bonds is 4. The van der Waals surface area contributed by atoms with Gasteiger partial charge >= 0.3 is 0 Å². The molecule has 0 aliphatic heterocycles. The first-order chi connectivity index (χ1) is 11.8. The van der Waals surface area contributed by atoms with Gasteiger partial charge in [0.05, 0.1) is 22.9 Å². The summed E-state index contributed by atoms with van der Waals surface area (Å²) in [6.07, 6.45) is 3.29. The van der Waals surface area contributed by atoms with Crippen LogP contribution in [0.4, 0.5) is 0 Å². The molecule has 116 valence electrons. The molecule has 4 rings (SSSR count). The lowest BCUT2D eigenvalue weighted by Gasteiger charge is -2.03. The maximum atomic E-state index is 13.0. The Morgan fingerprint density at radius 2 is 1.75 bits per heavy atom. The second-order valence-electron chi connectivity index (χ2n) is 5.37. The van der Waals surface area contributed by atoms with E-state index in [0.717, 1.165) is 11.0 Å². The van der Waals surface area contributed by atoms with Crippen LogP contribution in [0, 0.1) is 0 Å². The van der Waals surface area contributed by atoms with Crippen LogP contribution in [-0.4, -0.2) is 15.8 Å². The number of para-hydroxylation sites is 2. The number of furan rings is 1. The van der Waals surface area contributed by atoms with E-state index in [1.54, 1.807) is 36.6 Å². The fourth-order valence-electron chi connectivity index (χ4n) is 2.58. The van der Waals surface area contributed by atoms with Crippen molar-refractivity contribution in [3.05, 3.63) is 90.1 Å². The Labute approximate surface area is 138 Å². The number of nitrogens with one attached hydrogen (secondary N) is 1. The molecule has 0 fully saturated rings. The van der Waals surface area contributed by atoms with Crippen molar-refractivity contribution in [1.29, 1.82) is 0 Å². The van der Waals surface area contributed by atoms with Gasteiger partial charge in [-0.25, -0.2) is 4.98 Å². The molecule has 24 heavy (non-hydrogen) atoms. The van der Waals surface area contributed by atoms with Gasteiger partial charge in [0.25, 0.3) is 0 Å². The molecular formula is C20H14N2O2. The van der Waals surface area contributed by atoms with Crippen LogP contribution < -0.4 is 0 Å². The molecule has 4 aromatic rings. The first-order valence-electron chi connectivity index (χ1n) is 7.61. The zero-order chi connectivity index (χ0) is 16.4. The van der Waals surface area contributed by atoms with Crippen molar-refractivity contribution in [2.75, 3.05) is 0 Å². The summed E-state index contributed by atoms with van der Waals surface area (Å²) in [7, 11) is 0. The van der Waals surface area contributed by atoms with Crippen LogP contribution in [0.5, 0.6) is 0 Å². The Morgan fingerprint density at radius 1 is 0.958 bits per heavy atom. The number of fused-ring (bicyclic) bond motifs is 1. The minimum absolute atomic E-state index is 0.106. The summed E-state index contributed by atoms with van der Waals surface area (Å²) in [4.78, 5) is 20.7. The largest absolute Gasteiger partial charge is 0.465 e. The van der Waals surface area contributed by atoms with Crippen LogP contribution in [0.1, 0.15) is 21.9 Å². The van der Waals surface area contributed by atoms with Crippen molar-refractivity contribution in [2.24, 2.45) is 0 Å². The number of carbonyl (C=O) groups excluding carboxylic acids is 1. The van der Waals surface area contributed by atoms with E-state index >= 15 is 0 Å². The van der Waals surface area contributed by atoms with Crippen LogP contribution in [0.25, 0.3) is 22.7 Å². The van der Waals surface area contributed by atoms with Gasteiger partial charge in [0, 0.05) is 5.56 Å². The molecule has 0 spiro atoms. The molecule has 0 aliphatic carbocycles. The molecule has 0 amide bonds. The van der Waals surface area contributed by atoms with E-state index in [1.165, 1.54) is 0 Å². The predicted molar refractivity (Wildman–Crippen MR) is 93.4 cm³/mol. The van der Waals surface area contributed by atoms with Crippen LogP contribution in [0.3, 0.4) is 0 Å². The van der Waals surface area contributed by atoms with Crippen molar-refractivity contribution in [3.8, 4) is 0 Å². The normalized spacial score (nSPS) is 11.8. The highest BCUT2D eigenvalue weighted by atomic mass is 16.3. The number of H-pyrrole nitrogens is 1. The third kappa shape index (κ3) is 2.65. The molecule has 0 bridgehead atoms. The van der Waals surface area contributed by atoms with E-state index in [9.17, 15) is 4.79 Å². The van der Waals surface area contributed by atoms with Crippen LogP contribution in [0.15, 0.2) is 77.4 Å².